The number of rotatable bonds is 9. The van der Waals surface area contributed by atoms with E-state index in [1.165, 1.54) is 50.1 Å². The van der Waals surface area contributed by atoms with Crippen LogP contribution in [0.25, 0.3) is 21.9 Å². The van der Waals surface area contributed by atoms with Gasteiger partial charge in [0.2, 0.25) is 0 Å². The van der Waals surface area contributed by atoms with Gasteiger partial charge in [0, 0.05) is 94.8 Å². The molecule has 0 fully saturated rings. The first-order valence-electron chi connectivity index (χ1n) is 18.1. The first-order chi connectivity index (χ1) is 28.1. The fraction of sp³-hybridized carbons (Fsp3) is 0.238. The van der Waals surface area contributed by atoms with E-state index < -0.39 is 33.6 Å². The summed E-state index contributed by atoms with van der Waals surface area (Å²) < 4.78 is 49.1. The number of fused-ring (bicyclic) bond motifs is 2. The molecule has 0 aliphatic rings. The lowest BCUT2D eigenvalue weighted by molar-refractivity contribution is 0.171. The molecule has 0 aliphatic carbocycles. The lowest BCUT2D eigenvalue weighted by Gasteiger charge is -2.15. The quantitative estimate of drug-likeness (QED) is 0.107. The van der Waals surface area contributed by atoms with Gasteiger partial charge in [-0.05, 0) is 72.5 Å². The average Bonchev–Trinajstić information content (AvgIpc) is 3.16. The van der Waals surface area contributed by atoms with Crippen molar-refractivity contribution in [1.82, 2.24) is 14.1 Å². The van der Waals surface area contributed by atoms with Gasteiger partial charge in [-0.1, -0.05) is 47.5 Å². The van der Waals surface area contributed by atoms with Crippen molar-refractivity contribution in [2.24, 2.45) is 0 Å². The highest BCUT2D eigenvalue weighted by Gasteiger charge is 2.20. The minimum Gasteiger partial charge on any atom is -0.422 e. The predicted molar refractivity (Wildman–Crippen MR) is 233 cm³/mol. The van der Waals surface area contributed by atoms with Gasteiger partial charge < -0.3 is 33.8 Å². The Morgan fingerprint density at radius 1 is 0.683 bits per heavy atom. The van der Waals surface area contributed by atoms with E-state index >= 15 is 0 Å². The number of nitrogens with two attached hydrogens (primary N) is 1. The van der Waals surface area contributed by atoms with Gasteiger partial charge in [0.05, 0.1) is 15.7 Å². The first kappa shape index (κ1) is 45.0. The third-order valence-corrected chi connectivity index (χ3v) is 11.2. The number of carbonyl (C=O) groups is 2. The highest BCUT2D eigenvalue weighted by Crippen LogP contribution is 2.34. The van der Waals surface area contributed by atoms with E-state index in [4.69, 9.17) is 47.2 Å². The smallest absolute Gasteiger partial charge is 0.414 e. The van der Waals surface area contributed by atoms with Gasteiger partial charge in [0.25, 0.3) is 0 Å². The maximum absolute atomic E-state index is 12.8. The third kappa shape index (κ3) is 10.6. The van der Waals surface area contributed by atoms with Gasteiger partial charge in [0.15, 0.2) is 11.5 Å². The second-order valence-corrected chi connectivity index (χ2v) is 17.0. The lowest BCUT2D eigenvalue weighted by Crippen LogP contribution is -2.28. The highest BCUT2D eigenvalue weighted by atomic mass is 35.5. The summed E-state index contributed by atoms with van der Waals surface area (Å²) in [4.78, 5) is 51.4. The van der Waals surface area contributed by atoms with Gasteiger partial charge in [0.1, 0.15) is 11.2 Å². The zero-order chi connectivity index (χ0) is 44.2. The van der Waals surface area contributed by atoms with Crippen molar-refractivity contribution in [2.45, 2.75) is 26.7 Å². The molecule has 18 heteroatoms. The Morgan fingerprint density at radius 3 is 1.53 bits per heavy atom. The van der Waals surface area contributed by atoms with Crippen LogP contribution in [0.4, 0.5) is 21.0 Å². The van der Waals surface area contributed by atoms with Crippen molar-refractivity contribution >= 4 is 78.9 Å². The summed E-state index contributed by atoms with van der Waals surface area (Å²) in [7, 11) is 5.38. The normalized spacial score (nSPS) is 11.2. The number of nitrogens with zero attached hydrogens (tertiary/aromatic N) is 3. The topological polar surface area (TPSA) is 195 Å². The van der Waals surface area contributed by atoms with Crippen LogP contribution >= 0.6 is 23.2 Å². The van der Waals surface area contributed by atoms with Crippen LogP contribution in [0.5, 0.6) is 11.5 Å². The fourth-order valence-electron chi connectivity index (χ4n) is 5.81. The summed E-state index contributed by atoms with van der Waals surface area (Å²) in [6, 6.07) is 20.2. The maximum Gasteiger partial charge on any atom is 0.414 e. The molecule has 0 bridgehead atoms. The molecule has 0 spiro atoms. The highest BCUT2D eigenvalue weighted by molar-refractivity contribution is 7.90. The van der Waals surface area contributed by atoms with Crippen LogP contribution in [-0.4, -0.2) is 77.0 Å². The molecule has 0 radical (unpaired) electrons. The summed E-state index contributed by atoms with van der Waals surface area (Å²) in [5.74, 6) is 0.216. The zero-order valence-electron chi connectivity index (χ0n) is 34.0. The average molecular weight is 881 g/mol. The van der Waals surface area contributed by atoms with Crippen LogP contribution in [0.2, 0.25) is 10.0 Å². The van der Waals surface area contributed by atoms with Crippen molar-refractivity contribution in [2.75, 3.05) is 52.7 Å². The zero-order valence-corrected chi connectivity index (χ0v) is 36.3. The van der Waals surface area contributed by atoms with E-state index in [1.54, 1.807) is 63.5 Å². The van der Waals surface area contributed by atoms with Crippen LogP contribution in [0.1, 0.15) is 33.4 Å². The number of halogens is 2. The molecule has 0 aliphatic heterocycles. The number of hydrogen-bond donors (Lipinski definition) is 2. The molecule has 3 N–H and O–H groups in total. The number of nitrogens with one attached hydrogen (secondary N) is 1. The molecule has 4 aromatic carbocycles. The minimum atomic E-state index is -3.66. The van der Waals surface area contributed by atoms with Gasteiger partial charge in [-0.2, -0.15) is 12.7 Å². The van der Waals surface area contributed by atoms with Crippen LogP contribution in [0, 0.1) is 13.8 Å². The number of carbonyl (C=O) groups excluding carboxylic acids is 2. The molecule has 0 unspecified atom stereocenters. The molecular weight excluding hydrogens is 837 g/mol. The van der Waals surface area contributed by atoms with E-state index in [0.29, 0.717) is 56.4 Å². The lowest BCUT2D eigenvalue weighted by atomic mass is 9.99. The van der Waals surface area contributed by atoms with Crippen LogP contribution in [0.3, 0.4) is 0 Å². The van der Waals surface area contributed by atoms with Gasteiger partial charge in [-0.3, -0.25) is 4.72 Å². The Kier molecular flexibility index (Phi) is 13.9. The number of aryl methyl sites for hydroxylation is 2. The number of ether oxygens (including phenoxy) is 2. The molecule has 0 saturated carbocycles. The molecular formula is C42H43Cl2N5O10S. The number of anilines is 2. The van der Waals surface area contributed by atoms with Crippen LogP contribution in [0.15, 0.2) is 91.2 Å². The molecule has 6 aromatic rings. The monoisotopic (exact) mass is 879 g/mol. The summed E-state index contributed by atoms with van der Waals surface area (Å²) in [5.41, 5.74) is 10.3. The van der Waals surface area contributed by atoms with Crippen molar-refractivity contribution in [3.63, 3.8) is 0 Å². The molecule has 6 rings (SSSR count). The number of benzene rings is 4. The van der Waals surface area contributed by atoms with E-state index in [-0.39, 0.29) is 33.5 Å². The summed E-state index contributed by atoms with van der Waals surface area (Å²) in [6.07, 6.45) is -0.578. The van der Waals surface area contributed by atoms with Crippen molar-refractivity contribution in [3.8, 4) is 11.5 Å². The molecule has 0 saturated heterocycles. The van der Waals surface area contributed by atoms with Gasteiger partial charge >= 0.3 is 33.6 Å². The van der Waals surface area contributed by atoms with E-state index in [1.807, 2.05) is 25.1 Å². The largest absolute Gasteiger partial charge is 0.422 e. The minimum absolute atomic E-state index is 0.0824. The predicted octanol–water partition coefficient (Wildman–Crippen LogP) is 7.61. The number of nitrogen functional groups attached to an aromatic ring is 1. The van der Waals surface area contributed by atoms with E-state index in [2.05, 4.69) is 4.72 Å². The van der Waals surface area contributed by atoms with Crippen molar-refractivity contribution < 1.29 is 36.3 Å². The molecule has 2 amide bonds. The van der Waals surface area contributed by atoms with Crippen LogP contribution < -0.4 is 31.2 Å². The van der Waals surface area contributed by atoms with Crippen molar-refractivity contribution in [3.05, 3.63) is 137 Å². The summed E-state index contributed by atoms with van der Waals surface area (Å²) in [6.45, 7) is 3.61. The molecule has 316 valence electrons. The van der Waals surface area contributed by atoms with Gasteiger partial charge in [-0.15, -0.1) is 0 Å². The van der Waals surface area contributed by atoms with E-state index in [9.17, 15) is 27.6 Å². The van der Waals surface area contributed by atoms with Crippen LogP contribution in [-0.2, 0) is 23.1 Å². The SMILES string of the molecule is Cc1c(Cc2cccc(N)c2)c(=O)oc2cc(OC(=O)N(C)C)c(Cl)cc12.Cc1c(Cc2cccc(NS(=O)(=O)N(C)C)c2)c(=O)oc2cc(OC(=O)N(C)C)c(Cl)cc12. The Bertz CT molecular complexity index is 2860. The Morgan fingerprint density at radius 2 is 1.12 bits per heavy atom. The second-order valence-electron chi connectivity index (χ2n) is 14.3. The first-order valence-corrected chi connectivity index (χ1v) is 20.3. The third-order valence-electron chi connectivity index (χ3n) is 9.17. The molecule has 2 heterocycles. The standard InChI is InChI=1S/C22H24ClN3O6S.C20H19ClN2O4/c1-13-16-11-18(23)20(32-22(28)25(2)3)12-19(16)31-21(27)17(13)10-14-7-6-8-15(9-14)24-33(29,30)26(4)5;1-11-14-9-16(21)18(27-20(25)23(2)3)10-17(14)26-19(24)15(11)8-12-5-4-6-13(22)7-12/h6-9,11-12,24H,10H2,1-5H3;4-7,9-10H,8,22H2,1-3H3. The maximum atomic E-state index is 12.8. The van der Waals surface area contributed by atoms with Crippen molar-refractivity contribution in [1.29, 1.82) is 0 Å². The fourth-order valence-corrected chi connectivity index (χ4v) is 6.82. The Hall–Kier alpha value is -6.07. The summed E-state index contributed by atoms with van der Waals surface area (Å²) >= 11 is 12.6. The molecule has 15 nitrogen and oxygen atoms in total. The Balaban J connectivity index is 0.000000232. The number of amides is 2. The Labute approximate surface area is 356 Å². The molecule has 2 aromatic heterocycles. The van der Waals surface area contributed by atoms with E-state index in [0.717, 1.165) is 15.4 Å². The number of hydrogen-bond acceptors (Lipinski definition) is 11. The molecule has 0 atom stereocenters. The van der Waals surface area contributed by atoms with Gasteiger partial charge in [-0.25, -0.2) is 19.2 Å². The second kappa shape index (κ2) is 18.5. The molecule has 60 heavy (non-hydrogen) atoms. The summed E-state index contributed by atoms with van der Waals surface area (Å²) in [5, 5.41) is 1.73.